The third kappa shape index (κ3) is 3.26. The van der Waals surface area contributed by atoms with E-state index in [4.69, 9.17) is 0 Å². The Hall–Kier alpha value is 0. The first-order valence-electron chi connectivity index (χ1n) is 15.4. The Morgan fingerprint density at radius 1 is 0.667 bits per heavy atom. The van der Waals surface area contributed by atoms with E-state index >= 15 is 0 Å². The molecule has 0 heteroatoms. The van der Waals surface area contributed by atoms with E-state index in [2.05, 4.69) is 55.4 Å². The second kappa shape index (κ2) is 8.00. The minimum absolute atomic E-state index is 0.559. The average Bonchev–Trinajstić information content (AvgIpc) is 3.09. The van der Waals surface area contributed by atoms with Crippen LogP contribution in [-0.4, -0.2) is 0 Å². The van der Waals surface area contributed by atoms with Crippen LogP contribution in [0.5, 0.6) is 0 Å². The first-order chi connectivity index (χ1) is 15.4. The topological polar surface area (TPSA) is 0 Å². The van der Waals surface area contributed by atoms with E-state index in [1.807, 2.05) is 0 Å². The molecule has 0 saturated heterocycles. The van der Waals surface area contributed by atoms with Crippen molar-refractivity contribution in [1.82, 2.24) is 0 Å². The fourth-order valence-electron chi connectivity index (χ4n) is 12.8. The SMILES string of the molecule is CCCC[C@H](C)[C@@H]1CC[C@@]2(C)[C@@H]1CC[C@]1(C)[C@@H]2CC[C@@H]2[C@@]3(C)CCCC(C)(C)[C@@H]3CC[C@]21C. The first-order valence-corrected chi connectivity index (χ1v) is 15.4. The molecule has 10 atom stereocenters. The molecule has 33 heavy (non-hydrogen) atoms. The van der Waals surface area contributed by atoms with Gasteiger partial charge in [-0.25, -0.2) is 0 Å². The quantitative estimate of drug-likeness (QED) is 0.396. The molecular formula is C33H58. The van der Waals surface area contributed by atoms with Gasteiger partial charge in [0.05, 0.1) is 0 Å². The highest BCUT2D eigenvalue weighted by molar-refractivity contribution is 5.19. The van der Waals surface area contributed by atoms with Crippen LogP contribution in [0.4, 0.5) is 0 Å². The van der Waals surface area contributed by atoms with Gasteiger partial charge in [-0.1, -0.05) is 81.1 Å². The Balaban J connectivity index is 1.45. The maximum absolute atomic E-state index is 2.83. The van der Waals surface area contributed by atoms with E-state index < -0.39 is 0 Å². The van der Waals surface area contributed by atoms with Gasteiger partial charge in [-0.15, -0.1) is 0 Å². The summed E-state index contributed by atoms with van der Waals surface area (Å²) in [6, 6.07) is 0. The van der Waals surface area contributed by atoms with Crippen LogP contribution in [-0.2, 0) is 0 Å². The van der Waals surface area contributed by atoms with Gasteiger partial charge in [0.1, 0.15) is 0 Å². The van der Waals surface area contributed by atoms with Crippen molar-refractivity contribution >= 4 is 0 Å². The maximum atomic E-state index is 2.83. The fraction of sp³-hybridized carbons (Fsp3) is 1.00. The summed E-state index contributed by atoms with van der Waals surface area (Å²) in [6.45, 7) is 21.5. The summed E-state index contributed by atoms with van der Waals surface area (Å²) < 4.78 is 0. The average molecular weight is 455 g/mol. The number of fused-ring (bicyclic) bond motifs is 7. The molecule has 0 unspecified atom stereocenters. The zero-order chi connectivity index (χ0) is 23.9. The molecule has 0 radical (unpaired) electrons. The fourth-order valence-corrected chi connectivity index (χ4v) is 12.8. The lowest BCUT2D eigenvalue weighted by Gasteiger charge is -2.73. The Kier molecular flexibility index (Phi) is 5.98. The Bertz CT molecular complexity index is 734. The third-order valence-electron chi connectivity index (χ3n) is 14.5. The number of hydrogen-bond acceptors (Lipinski definition) is 0. The number of unbranched alkanes of at least 4 members (excludes halogenated alkanes) is 1. The van der Waals surface area contributed by atoms with Crippen molar-refractivity contribution in [3.63, 3.8) is 0 Å². The molecule has 5 rings (SSSR count). The summed E-state index contributed by atoms with van der Waals surface area (Å²) in [4.78, 5) is 0. The zero-order valence-electron chi connectivity index (χ0n) is 23.9. The lowest BCUT2D eigenvalue weighted by molar-refractivity contribution is -0.241. The van der Waals surface area contributed by atoms with Crippen molar-refractivity contribution in [2.45, 2.75) is 145 Å². The largest absolute Gasteiger partial charge is 0.0654 e. The lowest BCUT2D eigenvalue weighted by Crippen LogP contribution is -2.65. The summed E-state index contributed by atoms with van der Waals surface area (Å²) in [7, 11) is 0. The second-order valence-electron chi connectivity index (χ2n) is 15.9. The van der Waals surface area contributed by atoms with Crippen LogP contribution < -0.4 is 0 Å². The monoisotopic (exact) mass is 454 g/mol. The van der Waals surface area contributed by atoms with Crippen LogP contribution >= 0.6 is 0 Å². The molecule has 0 spiro atoms. The smallest absolute Gasteiger partial charge is 0.0235 e. The maximum Gasteiger partial charge on any atom is -0.0235 e. The van der Waals surface area contributed by atoms with Gasteiger partial charge in [0, 0.05) is 0 Å². The summed E-state index contributed by atoms with van der Waals surface area (Å²) in [5.41, 5.74) is 2.90. The first kappa shape index (κ1) is 24.7. The van der Waals surface area contributed by atoms with Crippen LogP contribution in [0.2, 0.25) is 0 Å². The van der Waals surface area contributed by atoms with Gasteiger partial charge in [-0.05, 0) is 127 Å². The zero-order valence-corrected chi connectivity index (χ0v) is 23.9. The summed E-state index contributed by atoms with van der Waals surface area (Å²) in [6.07, 6.45) is 21.0. The number of hydrogen-bond donors (Lipinski definition) is 0. The van der Waals surface area contributed by atoms with Gasteiger partial charge in [-0.2, -0.15) is 0 Å². The normalized spacial score (nSPS) is 54.0. The van der Waals surface area contributed by atoms with E-state index in [1.54, 1.807) is 12.8 Å². The molecule has 0 aliphatic heterocycles. The van der Waals surface area contributed by atoms with Gasteiger partial charge in [0.15, 0.2) is 0 Å². The van der Waals surface area contributed by atoms with Crippen molar-refractivity contribution < 1.29 is 0 Å². The molecule has 5 saturated carbocycles. The Morgan fingerprint density at radius 3 is 1.97 bits per heavy atom. The van der Waals surface area contributed by atoms with E-state index in [1.165, 1.54) is 77.0 Å². The Labute approximate surface area is 207 Å². The van der Waals surface area contributed by atoms with Gasteiger partial charge in [0.25, 0.3) is 0 Å². The molecule has 5 aliphatic carbocycles. The molecule has 0 nitrogen and oxygen atoms in total. The molecule has 0 bridgehead atoms. The van der Waals surface area contributed by atoms with Crippen molar-refractivity contribution in [2.24, 2.45) is 62.6 Å². The molecular weight excluding hydrogens is 396 g/mol. The third-order valence-corrected chi connectivity index (χ3v) is 14.5. The lowest BCUT2D eigenvalue weighted by atomic mass is 9.32. The second-order valence-corrected chi connectivity index (χ2v) is 15.9. The van der Waals surface area contributed by atoms with Gasteiger partial charge < -0.3 is 0 Å². The summed E-state index contributed by atoms with van der Waals surface area (Å²) in [5, 5.41) is 0. The molecule has 0 N–H and O–H groups in total. The van der Waals surface area contributed by atoms with Crippen molar-refractivity contribution in [2.75, 3.05) is 0 Å². The molecule has 190 valence electrons. The van der Waals surface area contributed by atoms with E-state index in [0.717, 1.165) is 35.5 Å². The molecule has 5 aliphatic rings. The molecule has 0 aromatic heterocycles. The van der Waals surface area contributed by atoms with E-state index in [-0.39, 0.29) is 0 Å². The van der Waals surface area contributed by atoms with E-state index in [0.29, 0.717) is 27.1 Å². The molecule has 0 aromatic rings. The van der Waals surface area contributed by atoms with Crippen LogP contribution in [0.3, 0.4) is 0 Å². The van der Waals surface area contributed by atoms with Crippen LogP contribution in [0.15, 0.2) is 0 Å². The van der Waals surface area contributed by atoms with Gasteiger partial charge in [0.2, 0.25) is 0 Å². The van der Waals surface area contributed by atoms with Gasteiger partial charge >= 0.3 is 0 Å². The minimum atomic E-state index is 0.559. The minimum Gasteiger partial charge on any atom is -0.0654 e. The van der Waals surface area contributed by atoms with E-state index in [9.17, 15) is 0 Å². The predicted octanol–water partition coefficient (Wildman–Crippen LogP) is 10.3. The van der Waals surface area contributed by atoms with Crippen molar-refractivity contribution in [3.8, 4) is 0 Å². The predicted molar refractivity (Wildman–Crippen MR) is 143 cm³/mol. The highest BCUT2D eigenvalue weighted by Crippen LogP contribution is 2.78. The highest BCUT2D eigenvalue weighted by Gasteiger charge is 2.70. The number of rotatable bonds is 4. The van der Waals surface area contributed by atoms with Crippen LogP contribution in [0, 0.1) is 62.6 Å². The molecule has 5 fully saturated rings. The van der Waals surface area contributed by atoms with Crippen molar-refractivity contribution in [3.05, 3.63) is 0 Å². The molecule has 0 aromatic carbocycles. The van der Waals surface area contributed by atoms with Crippen molar-refractivity contribution in [1.29, 1.82) is 0 Å². The highest BCUT2D eigenvalue weighted by atomic mass is 14.7. The van der Waals surface area contributed by atoms with Gasteiger partial charge in [-0.3, -0.25) is 0 Å². The summed E-state index contributed by atoms with van der Waals surface area (Å²) >= 11 is 0. The molecule has 0 heterocycles. The Morgan fingerprint density at radius 2 is 1.30 bits per heavy atom. The van der Waals surface area contributed by atoms with Crippen LogP contribution in [0.1, 0.15) is 145 Å². The van der Waals surface area contributed by atoms with Crippen LogP contribution in [0.25, 0.3) is 0 Å². The standard InChI is InChI=1S/C33H58/c1-9-10-12-23(2)24-15-20-30(5)25(24)16-21-32(7)27(30)13-14-28-31(6)19-11-18-29(3,4)26(31)17-22-33(28,32)8/h23-28H,9-22H2,1-8H3/t23-,24-,25+,26-,27+,28+,30-,31-,32+,33+/m0/s1. The molecule has 0 amide bonds. The summed E-state index contributed by atoms with van der Waals surface area (Å²) in [5.74, 6) is 5.88.